The molecule has 4 N–H and O–H groups in total. The number of fused-ring (bicyclic) bond motifs is 1. The summed E-state index contributed by atoms with van der Waals surface area (Å²) in [6.45, 7) is 10.8. The molecular formula is C50H60ClN14O4P. The van der Waals surface area contributed by atoms with Crippen molar-refractivity contribution in [1.29, 1.82) is 0 Å². The zero-order valence-corrected chi connectivity index (χ0v) is 41.8. The summed E-state index contributed by atoms with van der Waals surface area (Å²) < 4.78 is 21.5. The van der Waals surface area contributed by atoms with E-state index in [0.29, 0.717) is 80.2 Å². The molecule has 70 heavy (non-hydrogen) atoms. The number of anilines is 7. The van der Waals surface area contributed by atoms with Gasteiger partial charge in [0.25, 0.3) is 0 Å². The van der Waals surface area contributed by atoms with Gasteiger partial charge >= 0.3 is 0 Å². The van der Waals surface area contributed by atoms with Gasteiger partial charge in [-0.05, 0) is 113 Å². The van der Waals surface area contributed by atoms with Crippen LogP contribution in [0.4, 0.5) is 40.3 Å². The molecular weight excluding hydrogens is 927 g/mol. The van der Waals surface area contributed by atoms with Crippen molar-refractivity contribution in [3.05, 3.63) is 78.6 Å². The summed E-state index contributed by atoms with van der Waals surface area (Å²) in [5.74, 6) is 2.10. The van der Waals surface area contributed by atoms with Crippen molar-refractivity contribution in [2.45, 2.75) is 57.4 Å². The highest BCUT2D eigenvalue weighted by molar-refractivity contribution is 7.71. The molecule has 20 heteroatoms. The number of nitrogens with zero attached hydrogens (tertiary/aromatic N) is 10. The van der Waals surface area contributed by atoms with Crippen LogP contribution in [0.5, 0.6) is 5.75 Å². The molecule has 2 amide bonds. The highest BCUT2D eigenvalue weighted by atomic mass is 35.5. The molecule has 18 nitrogen and oxygen atoms in total. The Morgan fingerprint density at radius 3 is 2.33 bits per heavy atom. The molecule has 366 valence electrons. The van der Waals surface area contributed by atoms with Gasteiger partial charge in [0.05, 0.1) is 53.6 Å². The van der Waals surface area contributed by atoms with Crippen molar-refractivity contribution in [2.75, 3.05) is 92.0 Å². The molecule has 4 aromatic heterocycles. The highest BCUT2D eigenvalue weighted by Crippen LogP contribution is 2.47. The monoisotopic (exact) mass is 986 g/mol. The van der Waals surface area contributed by atoms with Crippen LogP contribution in [0.1, 0.15) is 51.4 Å². The average Bonchev–Trinajstić information content (AvgIpc) is 3.80. The van der Waals surface area contributed by atoms with Crippen LogP contribution >= 0.6 is 18.7 Å². The summed E-state index contributed by atoms with van der Waals surface area (Å²) >= 11 is 6.69. The second kappa shape index (κ2) is 19.8. The number of piperidine rings is 4. The van der Waals surface area contributed by atoms with Gasteiger partial charge in [-0.25, -0.2) is 9.97 Å². The Balaban J connectivity index is 0.764. The maximum Gasteiger partial charge on any atom is 0.249 e. The van der Waals surface area contributed by atoms with Crippen LogP contribution < -0.4 is 41.1 Å². The van der Waals surface area contributed by atoms with Crippen molar-refractivity contribution in [2.24, 2.45) is 18.4 Å². The zero-order valence-electron chi connectivity index (χ0n) is 40.1. The zero-order chi connectivity index (χ0) is 48.6. The molecule has 0 bridgehead atoms. The summed E-state index contributed by atoms with van der Waals surface area (Å²) in [7, 11) is 0.774. The lowest BCUT2D eigenvalue weighted by atomic mass is 9.71. The Labute approximate surface area is 412 Å². The Kier molecular flexibility index (Phi) is 13.4. The number of hydrogen-bond donors (Lipinski definition) is 4. The van der Waals surface area contributed by atoms with Crippen LogP contribution in [0.25, 0.3) is 22.2 Å². The largest absolute Gasteiger partial charge is 0.494 e. The lowest BCUT2D eigenvalue weighted by Gasteiger charge is -2.48. The number of amides is 2. The third-order valence-corrected chi connectivity index (χ3v) is 16.4. The number of hydrogen-bond acceptors (Lipinski definition) is 16. The van der Waals surface area contributed by atoms with Crippen molar-refractivity contribution in [3.8, 4) is 16.9 Å². The number of pyridine rings is 1. The van der Waals surface area contributed by atoms with E-state index in [1.165, 1.54) is 19.0 Å². The van der Waals surface area contributed by atoms with Gasteiger partial charge < -0.3 is 40.0 Å². The van der Waals surface area contributed by atoms with Crippen molar-refractivity contribution in [1.82, 2.24) is 44.9 Å². The number of methoxy groups -OCH3 is 1. The van der Waals surface area contributed by atoms with Crippen LogP contribution in [0, 0.1) is 11.3 Å². The van der Waals surface area contributed by atoms with E-state index < -0.39 is 13.2 Å². The number of imide groups is 1. The first-order chi connectivity index (χ1) is 33.8. The summed E-state index contributed by atoms with van der Waals surface area (Å²) in [6.07, 6.45) is 18.4. The second-order valence-electron chi connectivity index (χ2n) is 19.6. The number of halogens is 1. The number of aryl methyl sites for hydroxylation is 1. The van der Waals surface area contributed by atoms with Crippen molar-refractivity contribution >= 4 is 87.2 Å². The van der Waals surface area contributed by atoms with Gasteiger partial charge in [-0.1, -0.05) is 11.6 Å². The fraction of sp³-hybridized carbons (Fsp3) is 0.440. The molecule has 1 atom stereocenters. The first-order valence-corrected chi connectivity index (χ1v) is 27.1. The molecule has 0 saturated carbocycles. The Hall–Kier alpha value is -6.36. The standard InChI is InChI=1S/C50H60ClN14O4P/c1-62-31-33(27-56-62)35-25-40(59-49-55-29-36(51)47(61-49)58-38-7-6-37-45(53-18-17-52-37)46(38)70(3,4)68)42(69-2)26-41(35)65-23-15-50(16-24-65)13-21-63(22-14-50)30-32-11-19-64(20-12-32)34-5-9-43(54-28-34)57-39-8-10-44(66)60-48(39)67/h5-7,9,17-18,25-29,31-32,39H,8,10-16,19-24,30H2,1-4H3,(H,54,57)(H,60,66,67)(H2,55,58,59,61). The van der Waals surface area contributed by atoms with Gasteiger partial charge in [0, 0.05) is 87.7 Å². The SMILES string of the molecule is COc1cc(N2CCC3(CCN(CC4CCN(c5ccc(NC6CCC(=O)NC6=O)nc5)CC4)CC3)CC2)c(-c2cnn(C)c2)cc1Nc1ncc(Cl)c(Nc2ccc3nccnc3c2P(C)(C)=O)n1. The molecule has 0 radical (unpaired) electrons. The van der Waals surface area contributed by atoms with Gasteiger partial charge in [0.1, 0.15) is 35.3 Å². The quantitative estimate of drug-likeness (QED) is 0.0657. The molecule has 1 unspecified atom stereocenters. The molecule has 4 aliphatic heterocycles. The highest BCUT2D eigenvalue weighted by Gasteiger charge is 2.39. The summed E-state index contributed by atoms with van der Waals surface area (Å²) in [6, 6.07) is 11.4. The topological polar surface area (TPSA) is 201 Å². The third kappa shape index (κ3) is 10.3. The second-order valence-corrected chi connectivity index (χ2v) is 23.2. The van der Waals surface area contributed by atoms with E-state index in [0.717, 1.165) is 94.0 Å². The first kappa shape index (κ1) is 47.3. The number of carbonyl (C=O) groups is 2. The van der Waals surface area contributed by atoms with E-state index in [9.17, 15) is 14.2 Å². The normalized spacial score (nSPS) is 19.1. The maximum atomic E-state index is 13.6. The summed E-state index contributed by atoms with van der Waals surface area (Å²) in [4.78, 5) is 54.2. The van der Waals surface area contributed by atoms with Crippen LogP contribution in [-0.2, 0) is 21.2 Å². The minimum atomic E-state index is -2.83. The smallest absolute Gasteiger partial charge is 0.249 e. The molecule has 8 heterocycles. The number of benzene rings is 2. The average molecular weight is 988 g/mol. The van der Waals surface area contributed by atoms with Gasteiger partial charge in [-0.15, -0.1) is 0 Å². The molecule has 4 fully saturated rings. The van der Waals surface area contributed by atoms with Gasteiger partial charge in [0.2, 0.25) is 17.8 Å². The van der Waals surface area contributed by atoms with E-state index in [1.54, 1.807) is 32.8 Å². The van der Waals surface area contributed by atoms with Gasteiger partial charge in [0.15, 0.2) is 5.82 Å². The first-order valence-electron chi connectivity index (χ1n) is 24.2. The molecule has 10 rings (SSSR count). The Morgan fingerprint density at radius 1 is 0.857 bits per heavy atom. The lowest BCUT2D eigenvalue weighted by molar-refractivity contribution is -0.133. The van der Waals surface area contributed by atoms with Gasteiger partial charge in [-0.3, -0.25) is 29.6 Å². The predicted molar refractivity (Wildman–Crippen MR) is 276 cm³/mol. The van der Waals surface area contributed by atoms with Crippen LogP contribution in [0.3, 0.4) is 0 Å². The summed E-state index contributed by atoms with van der Waals surface area (Å²) in [5, 5.41) is 17.7. The number of rotatable bonds is 13. The summed E-state index contributed by atoms with van der Waals surface area (Å²) in [5.41, 5.74) is 7.04. The van der Waals surface area contributed by atoms with E-state index >= 15 is 0 Å². The number of aromatic nitrogens is 7. The van der Waals surface area contributed by atoms with E-state index in [1.807, 2.05) is 48.5 Å². The van der Waals surface area contributed by atoms with Gasteiger partial charge in [-0.2, -0.15) is 10.1 Å². The number of carbonyl (C=O) groups excluding carboxylic acids is 2. The number of ether oxygens (including phenoxy) is 1. The third-order valence-electron chi connectivity index (χ3n) is 14.6. The van der Waals surface area contributed by atoms with E-state index in [-0.39, 0.29) is 11.8 Å². The van der Waals surface area contributed by atoms with Crippen molar-refractivity contribution < 1.29 is 18.9 Å². The fourth-order valence-electron chi connectivity index (χ4n) is 10.7. The minimum Gasteiger partial charge on any atom is -0.494 e. The molecule has 4 saturated heterocycles. The number of nitrogens with one attached hydrogen (secondary N) is 4. The minimum absolute atomic E-state index is 0.222. The Morgan fingerprint density at radius 2 is 1.63 bits per heavy atom. The van der Waals surface area contributed by atoms with E-state index in [2.05, 4.69) is 79.2 Å². The molecule has 6 aromatic rings. The van der Waals surface area contributed by atoms with Crippen LogP contribution in [-0.4, -0.2) is 124 Å². The maximum absolute atomic E-state index is 13.6. The fourth-order valence-corrected chi connectivity index (χ4v) is 12.2. The van der Waals surface area contributed by atoms with E-state index in [4.69, 9.17) is 21.3 Å². The van der Waals surface area contributed by atoms with Crippen LogP contribution in [0.2, 0.25) is 5.02 Å². The molecule has 4 aliphatic rings. The Bertz CT molecular complexity index is 2940. The van der Waals surface area contributed by atoms with Crippen molar-refractivity contribution in [3.63, 3.8) is 0 Å². The molecule has 1 spiro atoms. The molecule has 2 aromatic carbocycles. The van der Waals surface area contributed by atoms with Crippen LogP contribution in [0.15, 0.2) is 73.6 Å². The molecule has 0 aliphatic carbocycles. The lowest BCUT2D eigenvalue weighted by Crippen LogP contribution is -2.48. The predicted octanol–water partition coefficient (Wildman–Crippen LogP) is 7.43. The number of likely N-dealkylation sites (tertiary alicyclic amines) is 1.